The summed E-state index contributed by atoms with van der Waals surface area (Å²) in [4.78, 5) is 23.7. The van der Waals surface area contributed by atoms with Crippen LogP contribution in [-0.4, -0.2) is 64.4 Å². The lowest BCUT2D eigenvalue weighted by atomic mass is 10.2. The number of morpholine rings is 1. The van der Waals surface area contributed by atoms with Crippen molar-refractivity contribution in [1.82, 2.24) is 19.3 Å². The van der Waals surface area contributed by atoms with Crippen LogP contribution in [-0.2, 0) is 16.0 Å². The topological polar surface area (TPSA) is 99.5 Å². The maximum absolute atomic E-state index is 12.9. The lowest BCUT2D eigenvalue weighted by Crippen LogP contribution is -2.50. The van der Waals surface area contributed by atoms with E-state index in [0.29, 0.717) is 51.6 Å². The van der Waals surface area contributed by atoms with Crippen LogP contribution in [0.4, 0.5) is 10.6 Å². The Balaban J connectivity index is 1.63. The van der Waals surface area contributed by atoms with E-state index in [-0.39, 0.29) is 12.6 Å². The van der Waals surface area contributed by atoms with E-state index in [9.17, 15) is 4.79 Å². The van der Waals surface area contributed by atoms with Gasteiger partial charge in [-0.25, -0.2) is 14.8 Å². The van der Waals surface area contributed by atoms with Crippen LogP contribution in [0.1, 0.15) is 45.2 Å². The Labute approximate surface area is 229 Å². The van der Waals surface area contributed by atoms with E-state index >= 15 is 0 Å². The number of amides is 1. The van der Waals surface area contributed by atoms with E-state index in [1.807, 2.05) is 45.9 Å². The van der Waals surface area contributed by atoms with Crippen molar-refractivity contribution in [2.75, 3.05) is 32.7 Å². The fourth-order valence-electron chi connectivity index (χ4n) is 4.08. The van der Waals surface area contributed by atoms with Crippen molar-refractivity contribution in [3.05, 3.63) is 45.5 Å². The van der Waals surface area contributed by atoms with Crippen LogP contribution in [0.25, 0.3) is 5.52 Å². The molecule has 0 spiro atoms. The molecule has 1 aliphatic rings. The van der Waals surface area contributed by atoms with Gasteiger partial charge in [0.15, 0.2) is 5.82 Å². The highest BCUT2D eigenvalue weighted by Gasteiger charge is 2.36. The van der Waals surface area contributed by atoms with Crippen LogP contribution in [0.15, 0.2) is 29.0 Å². The quantitative estimate of drug-likeness (QED) is 0.400. The number of anilines is 1. The summed E-state index contributed by atoms with van der Waals surface area (Å²) in [6, 6.07) is 5.48. The molecule has 200 valence electrons. The van der Waals surface area contributed by atoms with Gasteiger partial charge in [0.1, 0.15) is 44.3 Å². The molecule has 1 aliphatic heterocycles. The highest BCUT2D eigenvalue weighted by molar-refractivity contribution is 9.10. The fourth-order valence-corrected chi connectivity index (χ4v) is 4.84. The number of aromatic nitrogens is 3. The number of nitrogens with one attached hydrogen (secondary N) is 1. The zero-order valence-corrected chi connectivity index (χ0v) is 24.0. The van der Waals surface area contributed by atoms with E-state index in [4.69, 9.17) is 35.5 Å². The molecule has 0 unspecified atom stereocenters. The van der Waals surface area contributed by atoms with Crippen LogP contribution in [0.2, 0.25) is 5.15 Å². The second-order valence-electron chi connectivity index (χ2n) is 9.71. The smallest absolute Gasteiger partial charge is 0.410 e. The van der Waals surface area contributed by atoms with Gasteiger partial charge in [-0.3, -0.25) is 4.40 Å². The summed E-state index contributed by atoms with van der Waals surface area (Å²) in [5, 5.41) is 3.72. The number of carbonyl (C=O) groups is 1. The molecular weight excluding hydrogens is 566 g/mol. The molecule has 0 bridgehead atoms. The summed E-state index contributed by atoms with van der Waals surface area (Å²) in [7, 11) is 3.22. The van der Waals surface area contributed by atoms with Gasteiger partial charge in [0.05, 0.1) is 39.6 Å². The van der Waals surface area contributed by atoms with Gasteiger partial charge in [-0.1, -0.05) is 11.6 Å². The van der Waals surface area contributed by atoms with Crippen molar-refractivity contribution < 1.29 is 23.7 Å². The second kappa shape index (κ2) is 10.9. The number of halogens is 2. The monoisotopic (exact) mass is 595 g/mol. The maximum atomic E-state index is 12.9. The van der Waals surface area contributed by atoms with Crippen molar-refractivity contribution in [3.8, 4) is 11.5 Å². The van der Waals surface area contributed by atoms with Crippen molar-refractivity contribution >= 4 is 45.0 Å². The molecular formula is C25H31BrClN5O5. The first-order valence-corrected chi connectivity index (χ1v) is 13.0. The van der Waals surface area contributed by atoms with Gasteiger partial charge in [0.2, 0.25) is 0 Å². The maximum Gasteiger partial charge on any atom is 0.410 e. The third-order valence-corrected chi connectivity index (χ3v) is 6.71. The minimum atomic E-state index is -0.601. The number of nitrogens with zero attached hydrogens (tertiary/aromatic N) is 4. The summed E-state index contributed by atoms with van der Waals surface area (Å²) in [5.74, 6) is 2.52. The number of carbonyl (C=O) groups excluding carboxylic acids is 1. The van der Waals surface area contributed by atoms with Crippen molar-refractivity contribution in [2.24, 2.45) is 0 Å². The van der Waals surface area contributed by atoms with Crippen LogP contribution in [0.3, 0.4) is 0 Å². The number of hydrogen-bond acceptors (Lipinski definition) is 8. The number of methoxy groups -OCH3 is 2. The minimum Gasteiger partial charge on any atom is -0.497 e. The Hall–Kier alpha value is -2.76. The van der Waals surface area contributed by atoms with Gasteiger partial charge in [0, 0.05) is 18.2 Å². The van der Waals surface area contributed by atoms with Crippen molar-refractivity contribution in [3.63, 3.8) is 0 Å². The number of fused-ring (bicyclic) bond motifs is 1. The predicted octanol–water partition coefficient (Wildman–Crippen LogP) is 5.47. The first-order chi connectivity index (χ1) is 17.5. The molecule has 0 saturated carbocycles. The molecule has 4 rings (SSSR count). The lowest BCUT2D eigenvalue weighted by Gasteiger charge is -2.38. The molecule has 2 aromatic heterocycles. The molecule has 37 heavy (non-hydrogen) atoms. The zero-order chi connectivity index (χ0) is 26.9. The molecule has 1 saturated heterocycles. The van der Waals surface area contributed by atoms with Crippen LogP contribution < -0.4 is 14.8 Å². The lowest BCUT2D eigenvalue weighted by molar-refractivity contribution is -0.0698. The molecule has 0 aliphatic carbocycles. The molecule has 1 N–H and O–H groups in total. The van der Waals surface area contributed by atoms with Crippen molar-refractivity contribution in [2.45, 2.75) is 52.0 Å². The van der Waals surface area contributed by atoms with Gasteiger partial charge in [-0.05, 0) is 55.8 Å². The van der Waals surface area contributed by atoms with Crippen LogP contribution >= 0.6 is 27.5 Å². The molecule has 12 heteroatoms. The van der Waals surface area contributed by atoms with E-state index in [1.165, 1.54) is 0 Å². The molecule has 1 aromatic carbocycles. The van der Waals surface area contributed by atoms with Gasteiger partial charge < -0.3 is 29.2 Å². The average molecular weight is 597 g/mol. The molecule has 1 amide bonds. The normalized spacial score (nSPS) is 18.1. The number of benzene rings is 1. The number of imidazole rings is 1. The van der Waals surface area contributed by atoms with Gasteiger partial charge in [-0.2, -0.15) is 0 Å². The van der Waals surface area contributed by atoms with Crippen LogP contribution in [0.5, 0.6) is 11.5 Å². The summed E-state index contributed by atoms with van der Waals surface area (Å²) in [6.07, 6.45) is 0.644. The molecule has 2 atom stereocenters. The SMILES string of the molecule is COc1ccc(CNc2ncc(Cl)n3c([C@@H]4CN(C(=O)OC(C)(C)C)[C@@H](C)CO4)nc(Br)c23)c(OC)c1. The first kappa shape index (κ1) is 27.3. The van der Waals surface area contributed by atoms with E-state index in [1.54, 1.807) is 29.7 Å². The zero-order valence-electron chi connectivity index (χ0n) is 21.7. The Kier molecular flexibility index (Phi) is 8.05. The minimum absolute atomic E-state index is 0.144. The summed E-state index contributed by atoms with van der Waals surface area (Å²) in [5.41, 5.74) is 0.975. The van der Waals surface area contributed by atoms with Crippen molar-refractivity contribution in [1.29, 1.82) is 0 Å². The van der Waals surface area contributed by atoms with E-state index in [2.05, 4.69) is 26.2 Å². The number of ether oxygens (including phenoxy) is 4. The Morgan fingerprint density at radius 1 is 1.30 bits per heavy atom. The number of rotatable bonds is 6. The standard InChI is InChI=1S/C25H31BrClN5O5/c1-14-13-36-18(12-31(14)24(33)37-25(2,3)4)23-30-21(26)20-22(29-11-19(27)32(20)23)28-10-15-7-8-16(34-5)9-17(15)35-6/h7-9,11,14,18H,10,12-13H2,1-6H3,(H,28,29)/t14-,18-/m0/s1. The fraction of sp³-hybridized carbons (Fsp3) is 0.480. The second-order valence-corrected chi connectivity index (χ2v) is 10.8. The molecule has 0 radical (unpaired) electrons. The Morgan fingerprint density at radius 2 is 2.05 bits per heavy atom. The molecule has 3 aromatic rings. The first-order valence-electron chi connectivity index (χ1n) is 11.8. The molecule has 3 heterocycles. The van der Waals surface area contributed by atoms with E-state index < -0.39 is 17.8 Å². The van der Waals surface area contributed by atoms with Gasteiger partial charge in [0.25, 0.3) is 0 Å². The van der Waals surface area contributed by atoms with Gasteiger partial charge in [-0.15, -0.1) is 0 Å². The number of hydrogen-bond donors (Lipinski definition) is 1. The highest BCUT2D eigenvalue weighted by atomic mass is 79.9. The Morgan fingerprint density at radius 3 is 2.73 bits per heavy atom. The third-order valence-electron chi connectivity index (χ3n) is 5.89. The highest BCUT2D eigenvalue weighted by Crippen LogP contribution is 2.34. The van der Waals surface area contributed by atoms with Gasteiger partial charge >= 0.3 is 6.09 Å². The predicted molar refractivity (Wildman–Crippen MR) is 144 cm³/mol. The summed E-state index contributed by atoms with van der Waals surface area (Å²) < 4.78 is 24.8. The van der Waals surface area contributed by atoms with E-state index in [0.717, 1.165) is 5.56 Å². The average Bonchev–Trinajstić information content (AvgIpc) is 3.21. The third kappa shape index (κ3) is 5.89. The molecule has 1 fully saturated rings. The van der Waals surface area contributed by atoms with Crippen LogP contribution in [0, 0.1) is 0 Å². The summed E-state index contributed by atoms with van der Waals surface area (Å²) >= 11 is 10.2. The largest absolute Gasteiger partial charge is 0.497 e. The Bertz CT molecular complexity index is 1290. The molecule has 10 nitrogen and oxygen atoms in total. The summed E-state index contributed by atoms with van der Waals surface area (Å²) in [6.45, 7) is 8.49.